The number of halogens is 1. The molecule has 0 unspecified atom stereocenters. The van der Waals surface area contributed by atoms with Crippen LogP contribution in [0.5, 0.6) is 0 Å². The third kappa shape index (κ3) is 1.73. The minimum Gasteiger partial charge on any atom is -0.385 e. The maximum Gasteiger partial charge on any atom is 0.138 e. The number of hydrogen-bond acceptors (Lipinski definition) is 2. The summed E-state index contributed by atoms with van der Waals surface area (Å²) in [4.78, 5) is 4.38. The average molecular weight is 225 g/mol. The summed E-state index contributed by atoms with van der Waals surface area (Å²) in [7, 11) is 0. The number of benzene rings is 1. The molecule has 0 aliphatic heterocycles. The van der Waals surface area contributed by atoms with Crippen molar-refractivity contribution in [1.82, 2.24) is 9.55 Å². The summed E-state index contributed by atoms with van der Waals surface area (Å²) in [6, 6.07) is 5.55. The van der Waals surface area contributed by atoms with Gasteiger partial charge in [-0.2, -0.15) is 0 Å². The number of aliphatic hydroxyl groups is 1. The van der Waals surface area contributed by atoms with E-state index in [0.717, 1.165) is 17.6 Å². The van der Waals surface area contributed by atoms with E-state index in [9.17, 15) is 5.11 Å². The Hall–Kier alpha value is -1.06. The molecule has 1 heterocycles. The topological polar surface area (TPSA) is 38.0 Å². The largest absolute Gasteiger partial charge is 0.385 e. The van der Waals surface area contributed by atoms with E-state index in [1.165, 1.54) is 0 Å². The molecular formula is C11H13ClN2O. The SMILES string of the molecule is CCn1c([C@H](C)O)nc2ccc(Cl)cc21. The third-order valence-corrected chi connectivity index (χ3v) is 2.66. The van der Waals surface area contributed by atoms with Gasteiger partial charge in [-0.25, -0.2) is 4.98 Å². The highest BCUT2D eigenvalue weighted by Gasteiger charge is 2.13. The van der Waals surface area contributed by atoms with Crippen LogP contribution >= 0.6 is 11.6 Å². The van der Waals surface area contributed by atoms with Crippen molar-refractivity contribution in [3.05, 3.63) is 29.0 Å². The predicted molar refractivity (Wildman–Crippen MR) is 61.1 cm³/mol. The number of aryl methyl sites for hydroxylation is 1. The van der Waals surface area contributed by atoms with Crippen molar-refractivity contribution in [2.24, 2.45) is 0 Å². The highest BCUT2D eigenvalue weighted by Crippen LogP contribution is 2.23. The molecule has 0 radical (unpaired) electrons. The van der Waals surface area contributed by atoms with Gasteiger partial charge in [0.05, 0.1) is 11.0 Å². The van der Waals surface area contributed by atoms with Gasteiger partial charge in [0.25, 0.3) is 0 Å². The van der Waals surface area contributed by atoms with Gasteiger partial charge in [0.2, 0.25) is 0 Å². The Bertz CT molecular complexity index is 491. The number of nitrogens with zero attached hydrogens (tertiary/aromatic N) is 2. The summed E-state index contributed by atoms with van der Waals surface area (Å²) in [5, 5.41) is 10.3. The fourth-order valence-electron chi connectivity index (χ4n) is 1.77. The molecule has 0 aliphatic carbocycles. The molecule has 4 heteroatoms. The van der Waals surface area contributed by atoms with Gasteiger partial charge in [0.15, 0.2) is 0 Å². The highest BCUT2D eigenvalue weighted by atomic mass is 35.5. The standard InChI is InChI=1S/C11H13ClN2O/c1-3-14-10-6-8(12)4-5-9(10)13-11(14)7(2)15/h4-7,15H,3H2,1-2H3/t7-/m0/s1. The van der Waals surface area contributed by atoms with Gasteiger partial charge in [0.1, 0.15) is 11.9 Å². The lowest BCUT2D eigenvalue weighted by Crippen LogP contribution is -2.04. The number of rotatable bonds is 2. The van der Waals surface area contributed by atoms with Crippen molar-refractivity contribution in [3.8, 4) is 0 Å². The molecule has 80 valence electrons. The van der Waals surface area contributed by atoms with Crippen LogP contribution in [0.2, 0.25) is 5.02 Å². The van der Waals surface area contributed by atoms with Crippen molar-refractivity contribution in [3.63, 3.8) is 0 Å². The first kappa shape index (κ1) is 10.5. The first-order valence-corrected chi connectivity index (χ1v) is 5.35. The molecule has 1 N–H and O–H groups in total. The number of aliphatic hydroxyl groups excluding tert-OH is 1. The molecular weight excluding hydrogens is 212 g/mol. The summed E-state index contributed by atoms with van der Waals surface area (Å²) >= 11 is 5.93. The quantitative estimate of drug-likeness (QED) is 0.852. The zero-order valence-electron chi connectivity index (χ0n) is 8.74. The minimum atomic E-state index is -0.559. The normalized spacial score (nSPS) is 13.3. The van der Waals surface area contributed by atoms with Gasteiger partial charge >= 0.3 is 0 Å². The van der Waals surface area contributed by atoms with Crippen LogP contribution in [-0.4, -0.2) is 14.7 Å². The van der Waals surface area contributed by atoms with Crippen molar-refractivity contribution in [2.75, 3.05) is 0 Å². The van der Waals surface area contributed by atoms with Crippen molar-refractivity contribution in [2.45, 2.75) is 26.5 Å². The van der Waals surface area contributed by atoms with Gasteiger partial charge in [-0.1, -0.05) is 11.6 Å². The van der Waals surface area contributed by atoms with E-state index in [4.69, 9.17) is 11.6 Å². The zero-order valence-corrected chi connectivity index (χ0v) is 9.49. The van der Waals surface area contributed by atoms with Crippen LogP contribution < -0.4 is 0 Å². The van der Waals surface area contributed by atoms with Crippen molar-refractivity contribution in [1.29, 1.82) is 0 Å². The molecule has 1 aromatic carbocycles. The molecule has 0 amide bonds. The molecule has 3 nitrogen and oxygen atoms in total. The summed E-state index contributed by atoms with van der Waals surface area (Å²) in [6.45, 7) is 4.51. The van der Waals surface area contributed by atoms with Crippen LogP contribution in [0.15, 0.2) is 18.2 Å². The smallest absolute Gasteiger partial charge is 0.138 e. The first-order valence-electron chi connectivity index (χ1n) is 4.97. The molecule has 0 aliphatic rings. The fraction of sp³-hybridized carbons (Fsp3) is 0.364. The van der Waals surface area contributed by atoms with Gasteiger partial charge in [-0.3, -0.25) is 0 Å². The Balaban J connectivity index is 2.74. The lowest BCUT2D eigenvalue weighted by Gasteiger charge is -2.07. The van der Waals surface area contributed by atoms with Gasteiger partial charge in [0, 0.05) is 11.6 Å². The van der Waals surface area contributed by atoms with E-state index in [2.05, 4.69) is 4.98 Å². The Morgan fingerprint density at radius 1 is 1.53 bits per heavy atom. The van der Waals surface area contributed by atoms with E-state index in [0.29, 0.717) is 10.8 Å². The van der Waals surface area contributed by atoms with E-state index < -0.39 is 6.10 Å². The second-order valence-electron chi connectivity index (χ2n) is 3.52. The number of hydrogen-bond donors (Lipinski definition) is 1. The molecule has 1 atom stereocenters. The summed E-state index contributed by atoms with van der Waals surface area (Å²) in [5.41, 5.74) is 1.85. The van der Waals surface area contributed by atoms with E-state index in [-0.39, 0.29) is 0 Å². The van der Waals surface area contributed by atoms with Crippen LogP contribution in [0.4, 0.5) is 0 Å². The summed E-state index contributed by atoms with van der Waals surface area (Å²) in [5.74, 6) is 0.690. The number of imidazole rings is 1. The van der Waals surface area contributed by atoms with Crippen molar-refractivity contribution >= 4 is 22.6 Å². The molecule has 0 saturated carbocycles. The van der Waals surface area contributed by atoms with Crippen LogP contribution in [0.25, 0.3) is 11.0 Å². The molecule has 1 aromatic heterocycles. The van der Waals surface area contributed by atoms with Crippen molar-refractivity contribution < 1.29 is 5.11 Å². The highest BCUT2D eigenvalue weighted by molar-refractivity contribution is 6.31. The lowest BCUT2D eigenvalue weighted by atomic mass is 10.3. The van der Waals surface area contributed by atoms with E-state index >= 15 is 0 Å². The monoisotopic (exact) mass is 224 g/mol. The lowest BCUT2D eigenvalue weighted by molar-refractivity contribution is 0.184. The van der Waals surface area contributed by atoms with Gasteiger partial charge in [-0.05, 0) is 32.0 Å². The van der Waals surface area contributed by atoms with Crippen LogP contribution in [-0.2, 0) is 6.54 Å². The van der Waals surface area contributed by atoms with Crippen LogP contribution in [0.3, 0.4) is 0 Å². The van der Waals surface area contributed by atoms with E-state index in [1.807, 2.05) is 29.7 Å². The molecule has 15 heavy (non-hydrogen) atoms. The molecule has 0 bridgehead atoms. The maximum atomic E-state index is 9.59. The van der Waals surface area contributed by atoms with Gasteiger partial charge in [-0.15, -0.1) is 0 Å². The van der Waals surface area contributed by atoms with Gasteiger partial charge < -0.3 is 9.67 Å². The van der Waals surface area contributed by atoms with Crippen LogP contribution in [0.1, 0.15) is 25.8 Å². The molecule has 0 saturated heterocycles. The second kappa shape index (κ2) is 3.83. The average Bonchev–Trinajstić information content (AvgIpc) is 2.55. The maximum absolute atomic E-state index is 9.59. The second-order valence-corrected chi connectivity index (χ2v) is 3.96. The Morgan fingerprint density at radius 2 is 2.27 bits per heavy atom. The van der Waals surface area contributed by atoms with E-state index in [1.54, 1.807) is 6.92 Å². The Labute approximate surface area is 93.3 Å². The molecule has 0 fully saturated rings. The summed E-state index contributed by atoms with van der Waals surface area (Å²) in [6.07, 6.45) is -0.559. The first-order chi connectivity index (χ1) is 7.13. The van der Waals surface area contributed by atoms with Crippen LogP contribution in [0, 0.1) is 0 Å². The number of fused-ring (bicyclic) bond motifs is 1. The predicted octanol–water partition coefficient (Wildman–Crippen LogP) is 2.76. The third-order valence-electron chi connectivity index (χ3n) is 2.43. The minimum absolute atomic E-state index is 0.559. The fourth-order valence-corrected chi connectivity index (χ4v) is 1.93. The molecule has 2 aromatic rings. The Morgan fingerprint density at radius 3 is 2.87 bits per heavy atom. The number of aromatic nitrogens is 2. The molecule has 0 spiro atoms. The zero-order chi connectivity index (χ0) is 11.0. The Kier molecular flexibility index (Phi) is 2.67. The molecule has 2 rings (SSSR count). The summed E-state index contributed by atoms with van der Waals surface area (Å²) < 4.78 is 1.98.